The number of aryl methyl sites for hydroxylation is 1. The summed E-state index contributed by atoms with van der Waals surface area (Å²) in [5.41, 5.74) is 1.27. The number of nitrogens with zero attached hydrogens (tertiary/aromatic N) is 4. The quantitative estimate of drug-likeness (QED) is 0.625. The topological polar surface area (TPSA) is 83.5 Å². The van der Waals surface area contributed by atoms with E-state index in [1.54, 1.807) is 45.9 Å². The van der Waals surface area contributed by atoms with Crippen LogP contribution in [0.1, 0.15) is 33.0 Å². The van der Waals surface area contributed by atoms with E-state index in [4.69, 9.17) is 0 Å². The van der Waals surface area contributed by atoms with Crippen molar-refractivity contribution >= 4 is 27.3 Å². The summed E-state index contributed by atoms with van der Waals surface area (Å²) in [4.78, 5) is 23.6. The van der Waals surface area contributed by atoms with Crippen molar-refractivity contribution in [2.45, 2.75) is 30.3 Å². The average Bonchev–Trinajstić information content (AvgIpc) is 3.42. The Morgan fingerprint density at radius 3 is 2.70 bits per heavy atom. The lowest BCUT2D eigenvalue weighted by molar-refractivity contribution is 0.0762. The first-order valence-corrected chi connectivity index (χ1v) is 12.0. The number of pyridine rings is 1. The minimum absolute atomic E-state index is 0.111. The monoisotopic (exact) mass is 440 g/mol. The van der Waals surface area contributed by atoms with Gasteiger partial charge in [-0.3, -0.25) is 9.78 Å². The summed E-state index contributed by atoms with van der Waals surface area (Å²) < 4.78 is 28.5. The minimum atomic E-state index is -3.69. The number of carbonyl (C=O) groups excluding carboxylic acids is 1. The van der Waals surface area contributed by atoms with Gasteiger partial charge in [-0.1, -0.05) is 18.2 Å². The third-order valence-electron chi connectivity index (χ3n) is 5.87. The zero-order valence-electron chi connectivity index (χ0n) is 16.4. The SMILES string of the molecule is Cc1nc(CN2C3(CCN(C(=O)c4ccncc4)C3)c3ccccc3S2(=O)=O)cs1. The predicted molar refractivity (Wildman–Crippen MR) is 112 cm³/mol. The van der Waals surface area contributed by atoms with Gasteiger partial charge >= 0.3 is 0 Å². The highest BCUT2D eigenvalue weighted by Gasteiger charge is 2.57. The van der Waals surface area contributed by atoms with Gasteiger partial charge in [-0.15, -0.1) is 11.3 Å². The fourth-order valence-electron chi connectivity index (χ4n) is 4.49. The Kier molecular flexibility index (Phi) is 4.49. The molecular formula is C21H20N4O3S2. The highest BCUT2D eigenvalue weighted by Crippen LogP contribution is 2.50. The first-order chi connectivity index (χ1) is 14.4. The predicted octanol–water partition coefficient (Wildman–Crippen LogP) is 2.79. The molecule has 154 valence electrons. The molecule has 0 saturated carbocycles. The molecule has 2 aliphatic rings. The molecule has 5 rings (SSSR count). The third-order valence-corrected chi connectivity index (χ3v) is 8.66. The first kappa shape index (κ1) is 19.3. The van der Waals surface area contributed by atoms with Crippen molar-refractivity contribution in [2.75, 3.05) is 13.1 Å². The Morgan fingerprint density at radius 2 is 1.97 bits per heavy atom. The van der Waals surface area contributed by atoms with Gasteiger partial charge in [0.25, 0.3) is 5.91 Å². The zero-order chi connectivity index (χ0) is 20.9. The van der Waals surface area contributed by atoms with Gasteiger partial charge in [0.2, 0.25) is 10.0 Å². The molecule has 2 aliphatic heterocycles. The van der Waals surface area contributed by atoms with Crippen molar-refractivity contribution in [3.05, 3.63) is 76.0 Å². The van der Waals surface area contributed by atoms with Crippen LogP contribution in [0.4, 0.5) is 0 Å². The number of fused-ring (bicyclic) bond motifs is 2. The molecule has 0 aliphatic carbocycles. The van der Waals surface area contributed by atoms with Gasteiger partial charge < -0.3 is 4.90 Å². The molecule has 0 bridgehead atoms. The normalized spacial score (nSPS) is 22.5. The van der Waals surface area contributed by atoms with Crippen LogP contribution in [-0.2, 0) is 22.1 Å². The second kappa shape index (κ2) is 6.97. The van der Waals surface area contributed by atoms with Crippen LogP contribution in [0.5, 0.6) is 0 Å². The van der Waals surface area contributed by atoms with E-state index >= 15 is 0 Å². The molecule has 1 unspecified atom stereocenters. The number of carbonyl (C=O) groups is 1. The van der Waals surface area contributed by atoms with Crippen LogP contribution in [0.2, 0.25) is 0 Å². The maximum atomic E-state index is 13.5. The zero-order valence-corrected chi connectivity index (χ0v) is 18.0. The van der Waals surface area contributed by atoms with Crippen molar-refractivity contribution in [2.24, 2.45) is 0 Å². The Labute approximate surface area is 179 Å². The van der Waals surface area contributed by atoms with Gasteiger partial charge in [0.1, 0.15) is 0 Å². The fraction of sp³-hybridized carbons (Fsp3) is 0.286. The summed E-state index contributed by atoms with van der Waals surface area (Å²) in [6.07, 6.45) is 3.72. The number of aromatic nitrogens is 2. The van der Waals surface area contributed by atoms with Gasteiger partial charge in [0, 0.05) is 36.4 Å². The molecule has 9 heteroatoms. The van der Waals surface area contributed by atoms with E-state index in [0.29, 0.717) is 30.0 Å². The Hall–Kier alpha value is -2.62. The van der Waals surface area contributed by atoms with E-state index in [2.05, 4.69) is 9.97 Å². The summed E-state index contributed by atoms with van der Waals surface area (Å²) in [6, 6.07) is 10.5. The van der Waals surface area contributed by atoms with Crippen LogP contribution in [0, 0.1) is 6.92 Å². The van der Waals surface area contributed by atoms with Gasteiger partial charge in [-0.05, 0) is 37.1 Å². The maximum Gasteiger partial charge on any atom is 0.254 e. The van der Waals surface area contributed by atoms with Crippen molar-refractivity contribution < 1.29 is 13.2 Å². The number of likely N-dealkylation sites (tertiary alicyclic amines) is 1. The lowest BCUT2D eigenvalue weighted by Gasteiger charge is -2.33. The van der Waals surface area contributed by atoms with Crippen LogP contribution in [0.3, 0.4) is 0 Å². The molecule has 4 heterocycles. The largest absolute Gasteiger partial charge is 0.336 e. The minimum Gasteiger partial charge on any atom is -0.336 e. The third kappa shape index (κ3) is 2.88. The van der Waals surface area contributed by atoms with Crippen molar-refractivity contribution in [1.82, 2.24) is 19.2 Å². The second-order valence-electron chi connectivity index (χ2n) is 7.61. The number of rotatable bonds is 3. The number of hydrogen-bond donors (Lipinski definition) is 0. The lowest BCUT2D eigenvalue weighted by Crippen LogP contribution is -2.46. The summed E-state index contributed by atoms with van der Waals surface area (Å²) >= 11 is 1.50. The maximum absolute atomic E-state index is 13.5. The first-order valence-electron chi connectivity index (χ1n) is 9.64. The highest BCUT2D eigenvalue weighted by molar-refractivity contribution is 7.89. The van der Waals surface area contributed by atoms with Gasteiger partial charge in [-0.25, -0.2) is 13.4 Å². The molecule has 2 aromatic heterocycles. The van der Waals surface area contributed by atoms with Crippen LogP contribution < -0.4 is 0 Å². The van der Waals surface area contributed by atoms with Crippen LogP contribution >= 0.6 is 11.3 Å². The fourth-order valence-corrected chi connectivity index (χ4v) is 7.13. The second-order valence-corrected chi connectivity index (χ2v) is 10.5. The van der Waals surface area contributed by atoms with E-state index in [9.17, 15) is 13.2 Å². The van der Waals surface area contributed by atoms with Gasteiger partial charge in [0.15, 0.2) is 0 Å². The smallest absolute Gasteiger partial charge is 0.254 e. The van der Waals surface area contributed by atoms with Crippen LogP contribution in [0.25, 0.3) is 0 Å². The summed E-state index contributed by atoms with van der Waals surface area (Å²) in [5, 5.41) is 2.80. The van der Waals surface area contributed by atoms with Gasteiger partial charge in [-0.2, -0.15) is 4.31 Å². The lowest BCUT2D eigenvalue weighted by atomic mass is 9.89. The molecule has 7 nitrogen and oxygen atoms in total. The number of sulfonamides is 1. The molecule has 1 spiro atoms. The molecule has 0 N–H and O–H groups in total. The van der Waals surface area contributed by atoms with E-state index in [0.717, 1.165) is 16.3 Å². The van der Waals surface area contributed by atoms with Crippen molar-refractivity contribution in [1.29, 1.82) is 0 Å². The summed E-state index contributed by atoms with van der Waals surface area (Å²) in [7, 11) is -3.69. The Balaban J connectivity index is 1.56. The molecule has 0 radical (unpaired) electrons. The van der Waals surface area contributed by atoms with E-state index < -0.39 is 15.6 Å². The van der Waals surface area contributed by atoms with Crippen LogP contribution in [0.15, 0.2) is 59.1 Å². The van der Waals surface area contributed by atoms with Gasteiger partial charge in [0.05, 0.1) is 27.7 Å². The number of benzene rings is 1. The Bertz CT molecular complexity index is 1230. The summed E-state index contributed by atoms with van der Waals surface area (Å²) in [5.74, 6) is -0.111. The van der Waals surface area contributed by atoms with Crippen molar-refractivity contribution in [3.63, 3.8) is 0 Å². The standard InChI is InChI=1S/C21H20N4O3S2/c1-15-23-17(13-29-15)12-25-21(18-4-2-3-5-19(18)30(25,27)28)8-11-24(14-21)20(26)16-6-9-22-10-7-16/h2-7,9-10,13H,8,11-12,14H2,1H3. The Morgan fingerprint density at radius 1 is 1.20 bits per heavy atom. The highest BCUT2D eigenvalue weighted by atomic mass is 32.2. The van der Waals surface area contributed by atoms with E-state index in [-0.39, 0.29) is 12.5 Å². The van der Waals surface area contributed by atoms with Crippen LogP contribution in [-0.4, -0.2) is 46.6 Å². The molecule has 3 aromatic rings. The van der Waals surface area contributed by atoms with E-state index in [1.807, 2.05) is 24.4 Å². The molecular weight excluding hydrogens is 420 g/mol. The number of hydrogen-bond acceptors (Lipinski definition) is 6. The number of thiazole rings is 1. The average molecular weight is 441 g/mol. The van der Waals surface area contributed by atoms with Crippen molar-refractivity contribution in [3.8, 4) is 0 Å². The number of amides is 1. The molecule has 1 atom stereocenters. The summed E-state index contributed by atoms with van der Waals surface area (Å²) in [6.45, 7) is 2.89. The molecule has 30 heavy (non-hydrogen) atoms. The molecule has 1 fully saturated rings. The van der Waals surface area contributed by atoms with E-state index in [1.165, 1.54) is 11.3 Å². The molecule has 1 amide bonds. The molecule has 1 aromatic carbocycles. The molecule has 1 saturated heterocycles.